The van der Waals surface area contributed by atoms with E-state index in [2.05, 4.69) is 15.6 Å². The van der Waals surface area contributed by atoms with Crippen LogP contribution in [-0.2, 0) is 11.3 Å². The number of amides is 1. The average molecular weight is 261 g/mol. The molecule has 94 valence electrons. The Bertz CT molecular complexity index is 493. The molecule has 1 aromatic carbocycles. The van der Waals surface area contributed by atoms with Crippen LogP contribution in [0.15, 0.2) is 35.8 Å². The second-order valence-electron chi connectivity index (χ2n) is 3.79. The Balaban J connectivity index is 1.89. The standard InChI is InChI=1S/C13H15N3OS/c1-2-12(17)16-11-5-3-10(4-6-11)9-15-13-14-7-8-18-13/h3-8H,2,9H2,1H3,(H,14,15)(H,16,17). The smallest absolute Gasteiger partial charge is 0.224 e. The Labute approximate surface area is 110 Å². The van der Waals surface area contributed by atoms with Gasteiger partial charge in [-0.3, -0.25) is 4.79 Å². The first kappa shape index (κ1) is 12.6. The number of aromatic nitrogens is 1. The second-order valence-corrected chi connectivity index (χ2v) is 4.68. The number of thiazole rings is 1. The van der Waals surface area contributed by atoms with Crippen molar-refractivity contribution in [3.63, 3.8) is 0 Å². The minimum atomic E-state index is 0.0312. The largest absolute Gasteiger partial charge is 0.357 e. The van der Waals surface area contributed by atoms with Crippen LogP contribution in [0.5, 0.6) is 0 Å². The second kappa shape index (κ2) is 6.16. The fourth-order valence-corrected chi connectivity index (χ4v) is 1.97. The van der Waals surface area contributed by atoms with E-state index in [9.17, 15) is 4.79 Å². The Kier molecular flexibility index (Phi) is 4.30. The average Bonchev–Trinajstić information content (AvgIpc) is 2.91. The molecule has 0 saturated heterocycles. The molecular formula is C13H15N3OS. The molecule has 0 unspecified atom stereocenters. The van der Waals surface area contributed by atoms with Gasteiger partial charge in [-0.1, -0.05) is 19.1 Å². The van der Waals surface area contributed by atoms with Crippen molar-refractivity contribution in [3.05, 3.63) is 41.4 Å². The first-order valence-corrected chi connectivity index (χ1v) is 6.68. The van der Waals surface area contributed by atoms with Crippen LogP contribution < -0.4 is 10.6 Å². The maximum atomic E-state index is 11.2. The fraction of sp³-hybridized carbons (Fsp3) is 0.231. The van der Waals surface area contributed by atoms with Crippen molar-refractivity contribution in [1.82, 2.24) is 4.98 Å². The van der Waals surface area contributed by atoms with Crippen LogP contribution in [0.3, 0.4) is 0 Å². The predicted molar refractivity (Wildman–Crippen MR) is 74.8 cm³/mol. The molecule has 0 aliphatic carbocycles. The minimum Gasteiger partial charge on any atom is -0.357 e. The van der Waals surface area contributed by atoms with Crippen molar-refractivity contribution in [3.8, 4) is 0 Å². The van der Waals surface area contributed by atoms with Gasteiger partial charge in [0.05, 0.1) is 0 Å². The zero-order chi connectivity index (χ0) is 12.8. The predicted octanol–water partition coefficient (Wildman–Crippen LogP) is 3.10. The van der Waals surface area contributed by atoms with E-state index in [0.717, 1.165) is 22.9 Å². The van der Waals surface area contributed by atoms with Crippen LogP contribution in [0, 0.1) is 0 Å². The Morgan fingerprint density at radius 1 is 1.33 bits per heavy atom. The van der Waals surface area contributed by atoms with Gasteiger partial charge in [0, 0.05) is 30.2 Å². The third-order valence-corrected chi connectivity index (χ3v) is 3.17. The Morgan fingerprint density at radius 3 is 2.72 bits per heavy atom. The van der Waals surface area contributed by atoms with Gasteiger partial charge in [-0.05, 0) is 17.7 Å². The molecule has 0 saturated carbocycles. The monoisotopic (exact) mass is 261 g/mol. The lowest BCUT2D eigenvalue weighted by atomic mass is 10.2. The lowest BCUT2D eigenvalue weighted by Gasteiger charge is -2.06. The van der Waals surface area contributed by atoms with Gasteiger partial charge in [0.25, 0.3) is 0 Å². The molecule has 2 rings (SSSR count). The van der Waals surface area contributed by atoms with Gasteiger partial charge in [0.15, 0.2) is 5.13 Å². The van der Waals surface area contributed by atoms with Gasteiger partial charge in [-0.25, -0.2) is 4.98 Å². The third kappa shape index (κ3) is 3.56. The Hall–Kier alpha value is -1.88. The molecule has 1 amide bonds. The highest BCUT2D eigenvalue weighted by molar-refractivity contribution is 7.13. The molecule has 2 aromatic rings. The topological polar surface area (TPSA) is 54.0 Å². The first-order valence-electron chi connectivity index (χ1n) is 5.80. The summed E-state index contributed by atoms with van der Waals surface area (Å²) in [4.78, 5) is 15.4. The molecule has 0 fully saturated rings. The lowest BCUT2D eigenvalue weighted by Crippen LogP contribution is -2.09. The number of rotatable bonds is 5. The van der Waals surface area contributed by atoms with Crippen LogP contribution in [0.25, 0.3) is 0 Å². The number of carbonyl (C=O) groups is 1. The molecule has 1 aromatic heterocycles. The van der Waals surface area contributed by atoms with Crippen molar-refractivity contribution in [2.24, 2.45) is 0 Å². The van der Waals surface area contributed by atoms with Gasteiger partial charge in [-0.15, -0.1) is 11.3 Å². The van der Waals surface area contributed by atoms with Gasteiger partial charge < -0.3 is 10.6 Å². The number of anilines is 2. The molecule has 0 aliphatic rings. The highest BCUT2D eigenvalue weighted by Crippen LogP contribution is 2.14. The van der Waals surface area contributed by atoms with Crippen molar-refractivity contribution in [2.75, 3.05) is 10.6 Å². The molecular weight excluding hydrogens is 246 g/mol. The highest BCUT2D eigenvalue weighted by atomic mass is 32.1. The summed E-state index contributed by atoms with van der Waals surface area (Å²) < 4.78 is 0. The number of hydrogen-bond acceptors (Lipinski definition) is 4. The molecule has 0 bridgehead atoms. The summed E-state index contributed by atoms with van der Waals surface area (Å²) in [7, 11) is 0. The van der Waals surface area contributed by atoms with Crippen LogP contribution in [0.4, 0.5) is 10.8 Å². The fourth-order valence-electron chi connectivity index (χ4n) is 1.44. The summed E-state index contributed by atoms with van der Waals surface area (Å²) in [5.41, 5.74) is 1.99. The van der Waals surface area contributed by atoms with Crippen molar-refractivity contribution in [1.29, 1.82) is 0 Å². The van der Waals surface area contributed by atoms with Crippen LogP contribution >= 0.6 is 11.3 Å². The maximum Gasteiger partial charge on any atom is 0.224 e. The molecule has 0 radical (unpaired) electrons. The van der Waals surface area contributed by atoms with Crippen LogP contribution in [-0.4, -0.2) is 10.9 Å². The molecule has 1 heterocycles. The van der Waals surface area contributed by atoms with Gasteiger partial charge in [-0.2, -0.15) is 0 Å². The van der Waals surface area contributed by atoms with E-state index >= 15 is 0 Å². The molecule has 5 heteroatoms. The normalized spacial score (nSPS) is 10.1. The van der Waals surface area contributed by atoms with Gasteiger partial charge in [0.1, 0.15) is 0 Å². The summed E-state index contributed by atoms with van der Waals surface area (Å²) in [6.45, 7) is 2.57. The van der Waals surface area contributed by atoms with E-state index in [1.807, 2.05) is 36.6 Å². The first-order chi connectivity index (χ1) is 8.78. The number of nitrogens with zero attached hydrogens (tertiary/aromatic N) is 1. The van der Waals surface area contributed by atoms with Crippen molar-refractivity contribution in [2.45, 2.75) is 19.9 Å². The summed E-state index contributed by atoms with van der Waals surface area (Å²) in [5.74, 6) is 0.0312. The number of benzene rings is 1. The summed E-state index contributed by atoms with van der Waals surface area (Å²) >= 11 is 1.58. The zero-order valence-corrected chi connectivity index (χ0v) is 11.0. The molecule has 0 aliphatic heterocycles. The summed E-state index contributed by atoms with van der Waals surface area (Å²) in [5, 5.41) is 8.90. The third-order valence-electron chi connectivity index (χ3n) is 2.43. The van der Waals surface area contributed by atoms with E-state index < -0.39 is 0 Å². The molecule has 0 atom stereocenters. The van der Waals surface area contributed by atoms with Crippen LogP contribution in [0.2, 0.25) is 0 Å². The van der Waals surface area contributed by atoms with Crippen molar-refractivity contribution < 1.29 is 4.79 Å². The molecule has 0 spiro atoms. The van der Waals surface area contributed by atoms with E-state index in [1.54, 1.807) is 17.5 Å². The van der Waals surface area contributed by atoms with E-state index in [0.29, 0.717) is 6.42 Å². The van der Waals surface area contributed by atoms with E-state index in [1.165, 1.54) is 0 Å². The Morgan fingerprint density at radius 2 is 2.11 bits per heavy atom. The van der Waals surface area contributed by atoms with Gasteiger partial charge >= 0.3 is 0 Å². The summed E-state index contributed by atoms with van der Waals surface area (Å²) in [6, 6.07) is 7.80. The number of nitrogens with one attached hydrogen (secondary N) is 2. The molecule has 18 heavy (non-hydrogen) atoms. The SMILES string of the molecule is CCC(=O)Nc1ccc(CNc2nccs2)cc1. The van der Waals surface area contributed by atoms with E-state index in [-0.39, 0.29) is 5.91 Å². The van der Waals surface area contributed by atoms with E-state index in [4.69, 9.17) is 0 Å². The van der Waals surface area contributed by atoms with Gasteiger partial charge in [0.2, 0.25) is 5.91 Å². The van der Waals surface area contributed by atoms with Crippen molar-refractivity contribution >= 4 is 28.1 Å². The maximum absolute atomic E-state index is 11.2. The quantitative estimate of drug-likeness (QED) is 0.869. The molecule has 4 nitrogen and oxygen atoms in total. The zero-order valence-electron chi connectivity index (χ0n) is 10.1. The minimum absolute atomic E-state index is 0.0312. The lowest BCUT2D eigenvalue weighted by molar-refractivity contribution is -0.115. The number of hydrogen-bond donors (Lipinski definition) is 2. The molecule has 2 N–H and O–H groups in total. The number of carbonyl (C=O) groups excluding carboxylic acids is 1. The highest BCUT2D eigenvalue weighted by Gasteiger charge is 1.99. The summed E-state index contributed by atoms with van der Waals surface area (Å²) in [6.07, 6.45) is 2.27. The van der Waals surface area contributed by atoms with Crippen LogP contribution in [0.1, 0.15) is 18.9 Å².